The van der Waals surface area contributed by atoms with Gasteiger partial charge in [-0.25, -0.2) is 14.0 Å². The highest BCUT2D eigenvalue weighted by atomic mass is 19.1. The number of amides is 1. The molecule has 2 heterocycles. The van der Waals surface area contributed by atoms with Gasteiger partial charge in [0.05, 0.1) is 19.6 Å². The van der Waals surface area contributed by atoms with Crippen LogP contribution in [0.3, 0.4) is 0 Å². The Morgan fingerprint density at radius 2 is 1.92 bits per heavy atom. The minimum atomic E-state index is -2.00. The summed E-state index contributed by atoms with van der Waals surface area (Å²) in [6.45, 7) is 1.47. The number of benzene rings is 1. The van der Waals surface area contributed by atoms with Crippen molar-refractivity contribution in [3.63, 3.8) is 0 Å². The van der Waals surface area contributed by atoms with Gasteiger partial charge < -0.3 is 19.3 Å². The van der Waals surface area contributed by atoms with Crippen LogP contribution in [0.1, 0.15) is 44.4 Å². The number of carbonyl (C=O) groups excluding carboxylic acids is 3. The van der Waals surface area contributed by atoms with Crippen LogP contribution in [0.4, 0.5) is 19.7 Å². The molecule has 0 spiro atoms. The molecule has 11 nitrogen and oxygen atoms in total. The average molecular weight is 540 g/mol. The van der Waals surface area contributed by atoms with Gasteiger partial charge in [-0.3, -0.25) is 24.2 Å². The third-order valence-electron chi connectivity index (χ3n) is 5.63. The van der Waals surface area contributed by atoms with Crippen molar-refractivity contribution in [2.24, 2.45) is 0 Å². The molecule has 13 heteroatoms. The maximum Gasteiger partial charge on any atom is 0.412 e. The van der Waals surface area contributed by atoms with Crippen LogP contribution >= 0.6 is 0 Å². The molecule has 38 heavy (non-hydrogen) atoms. The number of aromatic nitrogens is 2. The van der Waals surface area contributed by atoms with Crippen molar-refractivity contribution in [2.75, 3.05) is 18.5 Å². The minimum Gasteiger partial charge on any atom is -0.456 e. The number of hydrogen-bond donors (Lipinski definition) is 2. The SMILES string of the molecule is CCCCOC(=O)Nc1ccn([C@@H]2O[C@H](CO)[C@@H](OC(=O)CCC(=O)Cc3ccccc3)C2F)c(=O)n1.F. The van der Waals surface area contributed by atoms with E-state index in [1.165, 1.54) is 6.07 Å². The third-order valence-corrected chi connectivity index (χ3v) is 5.63. The lowest BCUT2D eigenvalue weighted by Crippen LogP contribution is -2.37. The van der Waals surface area contributed by atoms with E-state index in [0.29, 0.717) is 6.42 Å². The molecule has 1 aliphatic rings. The van der Waals surface area contributed by atoms with E-state index in [1.54, 1.807) is 24.3 Å². The van der Waals surface area contributed by atoms with E-state index in [4.69, 9.17) is 14.2 Å². The number of aliphatic hydroxyl groups is 1. The van der Waals surface area contributed by atoms with Crippen LogP contribution in [-0.2, 0) is 30.2 Å². The molecule has 0 bridgehead atoms. The summed E-state index contributed by atoms with van der Waals surface area (Å²) in [6, 6.07) is 10.3. The maximum absolute atomic E-state index is 15.2. The van der Waals surface area contributed by atoms with E-state index < -0.39 is 49.0 Å². The van der Waals surface area contributed by atoms with Crippen molar-refractivity contribution in [2.45, 2.75) is 63.6 Å². The molecule has 2 N–H and O–H groups in total. The van der Waals surface area contributed by atoms with Gasteiger partial charge >= 0.3 is 17.8 Å². The van der Waals surface area contributed by atoms with Crippen LogP contribution < -0.4 is 11.0 Å². The molecule has 1 aromatic heterocycles. The van der Waals surface area contributed by atoms with Gasteiger partial charge in [-0.1, -0.05) is 43.7 Å². The second-order valence-corrected chi connectivity index (χ2v) is 8.46. The summed E-state index contributed by atoms with van der Waals surface area (Å²) in [6.07, 6.45) is -4.57. The molecule has 3 rings (SSSR count). The Morgan fingerprint density at radius 3 is 2.58 bits per heavy atom. The molecule has 4 atom stereocenters. The fourth-order valence-electron chi connectivity index (χ4n) is 3.70. The number of Topliss-reactive ketones (excluding diaryl/α,β-unsaturated/α-hetero) is 1. The normalized spacial score (nSPS) is 20.3. The number of ether oxygens (including phenoxy) is 3. The van der Waals surface area contributed by atoms with Gasteiger partial charge in [0.25, 0.3) is 0 Å². The first kappa shape index (κ1) is 30.5. The second-order valence-electron chi connectivity index (χ2n) is 8.46. The van der Waals surface area contributed by atoms with E-state index in [1.807, 2.05) is 13.0 Å². The highest BCUT2D eigenvalue weighted by molar-refractivity contribution is 5.84. The molecular formula is C25H31F2N3O8. The Labute approximate surface area is 217 Å². The molecule has 1 unspecified atom stereocenters. The molecule has 0 saturated carbocycles. The summed E-state index contributed by atoms with van der Waals surface area (Å²) in [5.41, 5.74) is -0.125. The van der Waals surface area contributed by atoms with Crippen molar-refractivity contribution in [1.29, 1.82) is 0 Å². The Kier molecular flexibility index (Phi) is 12.0. The van der Waals surface area contributed by atoms with Crippen LogP contribution in [0.5, 0.6) is 0 Å². The van der Waals surface area contributed by atoms with Crippen molar-refractivity contribution in [3.8, 4) is 0 Å². The van der Waals surface area contributed by atoms with Crippen LogP contribution in [-0.4, -0.2) is 64.1 Å². The largest absolute Gasteiger partial charge is 0.456 e. The Balaban J connectivity index is 0.00000507. The number of halogens is 2. The summed E-state index contributed by atoms with van der Waals surface area (Å²) in [5, 5.41) is 11.9. The molecule has 1 aromatic carbocycles. The average Bonchev–Trinajstić information content (AvgIpc) is 3.18. The van der Waals surface area contributed by atoms with Gasteiger partial charge in [0.1, 0.15) is 17.7 Å². The first-order valence-electron chi connectivity index (χ1n) is 12.0. The summed E-state index contributed by atoms with van der Waals surface area (Å²) < 4.78 is 31.6. The van der Waals surface area contributed by atoms with Crippen LogP contribution in [0, 0.1) is 0 Å². The highest BCUT2D eigenvalue weighted by Crippen LogP contribution is 2.33. The van der Waals surface area contributed by atoms with E-state index in [-0.39, 0.29) is 42.2 Å². The first-order chi connectivity index (χ1) is 17.8. The van der Waals surface area contributed by atoms with Crippen LogP contribution in [0.2, 0.25) is 0 Å². The van der Waals surface area contributed by atoms with Crippen molar-refractivity contribution in [1.82, 2.24) is 9.55 Å². The zero-order valence-electron chi connectivity index (χ0n) is 20.8. The zero-order chi connectivity index (χ0) is 26.8. The number of rotatable bonds is 12. The number of hydrogen-bond acceptors (Lipinski definition) is 9. The van der Waals surface area contributed by atoms with Crippen molar-refractivity contribution >= 4 is 23.7 Å². The van der Waals surface area contributed by atoms with Crippen molar-refractivity contribution in [3.05, 3.63) is 58.6 Å². The molecule has 1 amide bonds. The van der Waals surface area contributed by atoms with E-state index in [9.17, 15) is 24.3 Å². The zero-order valence-corrected chi connectivity index (χ0v) is 20.8. The lowest BCUT2D eigenvalue weighted by Gasteiger charge is -2.18. The van der Waals surface area contributed by atoms with Crippen LogP contribution in [0.25, 0.3) is 0 Å². The summed E-state index contributed by atoms with van der Waals surface area (Å²) in [7, 11) is 0. The number of aliphatic hydroxyl groups excluding tert-OH is 1. The highest BCUT2D eigenvalue weighted by Gasteiger charge is 2.48. The minimum absolute atomic E-state index is 0. The lowest BCUT2D eigenvalue weighted by molar-refractivity contribution is -0.155. The van der Waals surface area contributed by atoms with E-state index in [2.05, 4.69) is 10.3 Å². The molecule has 208 valence electrons. The second kappa shape index (κ2) is 14.9. The molecule has 2 aromatic rings. The Hall–Kier alpha value is -3.71. The third kappa shape index (κ3) is 8.42. The fraction of sp³-hybridized carbons (Fsp3) is 0.480. The smallest absolute Gasteiger partial charge is 0.412 e. The number of nitrogens with zero attached hydrogens (tertiary/aromatic N) is 2. The van der Waals surface area contributed by atoms with Gasteiger partial charge in [0.15, 0.2) is 18.5 Å². The number of unbranched alkanes of at least 4 members (excludes halogenated alkanes) is 1. The summed E-state index contributed by atoms with van der Waals surface area (Å²) in [4.78, 5) is 52.3. The van der Waals surface area contributed by atoms with Gasteiger partial charge in [0.2, 0.25) is 0 Å². The number of anilines is 1. The van der Waals surface area contributed by atoms with Gasteiger partial charge in [-0.2, -0.15) is 4.98 Å². The Bertz CT molecular complexity index is 1130. The summed E-state index contributed by atoms with van der Waals surface area (Å²) >= 11 is 0. The van der Waals surface area contributed by atoms with Gasteiger partial charge in [-0.15, -0.1) is 0 Å². The predicted molar refractivity (Wildman–Crippen MR) is 131 cm³/mol. The molecule has 0 radical (unpaired) electrons. The number of nitrogens with one attached hydrogen (secondary N) is 1. The number of ketones is 1. The van der Waals surface area contributed by atoms with Gasteiger partial charge in [-0.05, 0) is 18.1 Å². The molecule has 0 aliphatic carbocycles. The summed E-state index contributed by atoms with van der Waals surface area (Å²) in [5.74, 6) is -1.11. The standard InChI is InChI=1S/C25H30FN3O8.FH/c1-2-3-13-35-25(34)28-19-11-12-29(24(33)27-19)23-21(26)22(18(15-30)36-23)37-20(32)10-9-17(31)14-16-7-5-4-6-8-16;/h4-8,11-12,18,21-23,30H,2-3,9-10,13-15H2,1H3,(H,27,28,33,34);1H/t18-,21?,22-,23-;/m1./s1. The van der Waals surface area contributed by atoms with Crippen LogP contribution in [0.15, 0.2) is 47.4 Å². The van der Waals surface area contributed by atoms with E-state index >= 15 is 4.39 Å². The number of alkyl halides is 1. The van der Waals surface area contributed by atoms with Gasteiger partial charge in [0, 0.05) is 19.0 Å². The molecule has 1 saturated heterocycles. The number of esters is 1. The molecule has 1 fully saturated rings. The van der Waals surface area contributed by atoms with E-state index in [0.717, 1.165) is 22.7 Å². The predicted octanol–water partition coefficient (Wildman–Crippen LogP) is 2.48. The first-order valence-corrected chi connectivity index (χ1v) is 12.0. The Morgan fingerprint density at radius 1 is 1.18 bits per heavy atom. The topological polar surface area (TPSA) is 146 Å². The monoisotopic (exact) mass is 539 g/mol. The van der Waals surface area contributed by atoms with Crippen molar-refractivity contribution < 1.29 is 42.8 Å². The molecule has 1 aliphatic heterocycles. The quantitative estimate of drug-likeness (QED) is 0.307. The molecular weight excluding hydrogens is 508 g/mol. The maximum atomic E-state index is 15.2. The number of carbonyl (C=O) groups is 3. The lowest BCUT2D eigenvalue weighted by atomic mass is 10.1. The fourth-order valence-corrected chi connectivity index (χ4v) is 3.70.